The molecule has 0 heterocycles. The van der Waals surface area contributed by atoms with Crippen molar-refractivity contribution in [3.8, 4) is 0 Å². The highest BCUT2D eigenvalue weighted by atomic mass is 16.4. The number of aliphatic imine (C=N–C) groups is 1. The lowest BCUT2D eigenvalue weighted by Gasteiger charge is -2.17. The molecule has 0 saturated carbocycles. The van der Waals surface area contributed by atoms with E-state index < -0.39 is 5.97 Å². The van der Waals surface area contributed by atoms with Gasteiger partial charge in [-0.3, -0.25) is 9.79 Å². The molecule has 0 radical (unpaired) electrons. The van der Waals surface area contributed by atoms with Gasteiger partial charge in [-0.2, -0.15) is 0 Å². The fourth-order valence-corrected chi connectivity index (χ4v) is 1.83. The van der Waals surface area contributed by atoms with Gasteiger partial charge in [-0.15, -0.1) is 0 Å². The summed E-state index contributed by atoms with van der Waals surface area (Å²) in [5.74, 6) is -0.224. The molecule has 5 heteroatoms. The van der Waals surface area contributed by atoms with Crippen molar-refractivity contribution in [2.75, 3.05) is 18.5 Å². The Labute approximate surface area is 120 Å². The second-order valence-corrected chi connectivity index (χ2v) is 4.69. The third-order valence-corrected chi connectivity index (χ3v) is 3.06. The lowest BCUT2D eigenvalue weighted by Crippen LogP contribution is -2.34. The zero-order valence-electron chi connectivity index (χ0n) is 12.0. The quantitative estimate of drug-likeness (QED) is 0.434. The number of nitrogens with two attached hydrogens (primary N) is 1. The third kappa shape index (κ3) is 6.22. The summed E-state index contributed by atoms with van der Waals surface area (Å²) in [6, 6.07) is 9.84. The zero-order valence-corrected chi connectivity index (χ0v) is 12.0. The van der Waals surface area contributed by atoms with Crippen LogP contribution in [0.15, 0.2) is 35.3 Å². The molecule has 1 aromatic carbocycles. The Morgan fingerprint density at radius 3 is 2.50 bits per heavy atom. The highest BCUT2D eigenvalue weighted by molar-refractivity contribution is 5.94. The van der Waals surface area contributed by atoms with E-state index in [9.17, 15) is 4.79 Å². The van der Waals surface area contributed by atoms with E-state index in [2.05, 4.69) is 4.99 Å². The molecule has 0 bridgehead atoms. The lowest BCUT2D eigenvalue weighted by molar-refractivity contribution is -0.137. The molecule has 0 unspecified atom stereocenters. The van der Waals surface area contributed by atoms with Crippen molar-refractivity contribution in [1.82, 2.24) is 0 Å². The Balaban J connectivity index is 2.23. The SMILES string of the molecule is CN(C(N)=NCCCCCCC(=O)O)c1ccccc1. The van der Waals surface area contributed by atoms with Gasteiger partial charge < -0.3 is 15.7 Å². The summed E-state index contributed by atoms with van der Waals surface area (Å²) >= 11 is 0. The van der Waals surface area contributed by atoms with Gasteiger partial charge in [0.2, 0.25) is 0 Å². The van der Waals surface area contributed by atoms with Crippen LogP contribution in [0.2, 0.25) is 0 Å². The highest BCUT2D eigenvalue weighted by Gasteiger charge is 2.03. The number of carboxylic acids is 1. The number of carboxylic acid groups (broad SMARTS) is 1. The molecule has 3 N–H and O–H groups in total. The molecule has 20 heavy (non-hydrogen) atoms. The fraction of sp³-hybridized carbons (Fsp3) is 0.467. The normalized spacial score (nSPS) is 11.3. The summed E-state index contributed by atoms with van der Waals surface area (Å²) in [4.78, 5) is 16.5. The van der Waals surface area contributed by atoms with E-state index in [1.807, 2.05) is 42.3 Å². The van der Waals surface area contributed by atoms with Crippen LogP contribution >= 0.6 is 0 Å². The van der Waals surface area contributed by atoms with Crippen LogP contribution < -0.4 is 10.6 Å². The average Bonchev–Trinajstić information content (AvgIpc) is 2.45. The number of aliphatic carboxylic acids is 1. The van der Waals surface area contributed by atoms with Crippen molar-refractivity contribution in [1.29, 1.82) is 0 Å². The van der Waals surface area contributed by atoms with Crippen LogP contribution in [0.1, 0.15) is 32.1 Å². The van der Waals surface area contributed by atoms with E-state index in [0.717, 1.165) is 31.4 Å². The summed E-state index contributed by atoms with van der Waals surface area (Å²) in [7, 11) is 1.89. The van der Waals surface area contributed by atoms with Crippen molar-refractivity contribution in [2.45, 2.75) is 32.1 Å². The van der Waals surface area contributed by atoms with Gasteiger partial charge in [0.05, 0.1) is 0 Å². The number of unbranched alkanes of at least 4 members (excludes halogenated alkanes) is 3. The average molecular weight is 277 g/mol. The monoisotopic (exact) mass is 277 g/mol. The van der Waals surface area contributed by atoms with Gasteiger partial charge >= 0.3 is 5.97 Å². The van der Waals surface area contributed by atoms with Gasteiger partial charge in [-0.25, -0.2) is 0 Å². The molecule has 1 rings (SSSR count). The molecule has 0 aromatic heterocycles. The molecule has 5 nitrogen and oxygen atoms in total. The third-order valence-electron chi connectivity index (χ3n) is 3.06. The van der Waals surface area contributed by atoms with Crippen LogP contribution in [0.4, 0.5) is 5.69 Å². The molecule has 0 spiro atoms. The summed E-state index contributed by atoms with van der Waals surface area (Å²) < 4.78 is 0. The predicted octanol–water partition coefficient (Wildman–Crippen LogP) is 2.47. The first kappa shape index (κ1) is 16.0. The standard InChI is InChI=1S/C15H23N3O2/c1-18(13-9-5-4-6-10-13)15(16)17-12-8-3-2-7-11-14(19)20/h4-6,9-10H,2-3,7-8,11-12H2,1H3,(H2,16,17)(H,19,20). The first-order valence-electron chi connectivity index (χ1n) is 6.91. The topological polar surface area (TPSA) is 78.9 Å². The van der Waals surface area contributed by atoms with Gasteiger partial charge in [-0.1, -0.05) is 31.0 Å². The maximum Gasteiger partial charge on any atom is 0.303 e. The first-order chi connectivity index (χ1) is 9.61. The summed E-state index contributed by atoms with van der Waals surface area (Å²) in [6.07, 6.45) is 3.83. The smallest absolute Gasteiger partial charge is 0.303 e. The van der Waals surface area contributed by atoms with Crippen LogP contribution in [0, 0.1) is 0 Å². The largest absolute Gasteiger partial charge is 0.481 e. The number of rotatable bonds is 8. The Kier molecular flexibility index (Phi) is 7.17. The molecular weight excluding hydrogens is 254 g/mol. The number of anilines is 1. The molecule has 0 aliphatic carbocycles. The van der Waals surface area contributed by atoms with Gasteiger partial charge in [0, 0.05) is 25.7 Å². The molecule has 0 saturated heterocycles. The number of nitrogens with zero attached hydrogens (tertiary/aromatic N) is 2. The number of hydrogen-bond acceptors (Lipinski definition) is 2. The first-order valence-corrected chi connectivity index (χ1v) is 6.91. The molecule has 110 valence electrons. The summed E-state index contributed by atoms with van der Waals surface area (Å²) in [6.45, 7) is 0.677. The number of guanidine groups is 1. The van der Waals surface area contributed by atoms with E-state index in [1.165, 1.54) is 0 Å². The van der Waals surface area contributed by atoms with E-state index in [0.29, 0.717) is 12.5 Å². The van der Waals surface area contributed by atoms with Gasteiger partial charge in [0.15, 0.2) is 5.96 Å². The number of benzene rings is 1. The maximum atomic E-state index is 10.3. The van der Waals surface area contributed by atoms with E-state index in [-0.39, 0.29) is 6.42 Å². The molecule has 0 aliphatic rings. The Bertz CT molecular complexity index is 432. The number of carbonyl (C=O) groups is 1. The van der Waals surface area contributed by atoms with Gasteiger partial charge in [0.25, 0.3) is 0 Å². The van der Waals surface area contributed by atoms with Crippen molar-refractivity contribution in [2.24, 2.45) is 10.7 Å². The zero-order chi connectivity index (χ0) is 14.8. The van der Waals surface area contributed by atoms with Crippen LogP contribution in [-0.4, -0.2) is 30.6 Å². The van der Waals surface area contributed by atoms with Crippen molar-refractivity contribution in [3.63, 3.8) is 0 Å². The summed E-state index contributed by atoms with van der Waals surface area (Å²) in [5.41, 5.74) is 6.94. The minimum Gasteiger partial charge on any atom is -0.481 e. The van der Waals surface area contributed by atoms with E-state index in [1.54, 1.807) is 0 Å². The van der Waals surface area contributed by atoms with Crippen LogP contribution in [0.5, 0.6) is 0 Å². The second kappa shape index (κ2) is 8.96. The second-order valence-electron chi connectivity index (χ2n) is 4.69. The van der Waals surface area contributed by atoms with Crippen LogP contribution in [-0.2, 0) is 4.79 Å². The minimum atomic E-state index is -0.725. The highest BCUT2D eigenvalue weighted by Crippen LogP contribution is 2.10. The minimum absolute atomic E-state index is 0.252. The van der Waals surface area contributed by atoms with Crippen molar-refractivity contribution in [3.05, 3.63) is 30.3 Å². The predicted molar refractivity (Wildman–Crippen MR) is 82.1 cm³/mol. The Morgan fingerprint density at radius 1 is 1.20 bits per heavy atom. The van der Waals surface area contributed by atoms with Crippen LogP contribution in [0.3, 0.4) is 0 Å². The molecule has 0 amide bonds. The molecule has 1 aromatic rings. The molecule has 0 atom stereocenters. The number of hydrogen-bond donors (Lipinski definition) is 2. The van der Waals surface area contributed by atoms with Gasteiger partial charge in [-0.05, 0) is 25.0 Å². The fourth-order valence-electron chi connectivity index (χ4n) is 1.83. The Morgan fingerprint density at radius 2 is 1.85 bits per heavy atom. The Hall–Kier alpha value is -2.04. The van der Waals surface area contributed by atoms with Crippen molar-refractivity contribution < 1.29 is 9.90 Å². The van der Waals surface area contributed by atoms with E-state index in [4.69, 9.17) is 10.8 Å². The maximum absolute atomic E-state index is 10.3. The van der Waals surface area contributed by atoms with E-state index >= 15 is 0 Å². The molecule has 0 fully saturated rings. The van der Waals surface area contributed by atoms with Crippen molar-refractivity contribution >= 4 is 17.6 Å². The molecular formula is C15H23N3O2. The number of para-hydroxylation sites is 1. The molecule has 0 aliphatic heterocycles. The van der Waals surface area contributed by atoms with Crippen LogP contribution in [0.25, 0.3) is 0 Å². The van der Waals surface area contributed by atoms with Gasteiger partial charge in [0.1, 0.15) is 0 Å². The summed E-state index contributed by atoms with van der Waals surface area (Å²) in [5, 5.41) is 8.51. The lowest BCUT2D eigenvalue weighted by atomic mass is 10.1.